The second-order valence-corrected chi connectivity index (χ2v) is 6.53. The van der Waals surface area contributed by atoms with Crippen molar-refractivity contribution >= 4 is 11.6 Å². The van der Waals surface area contributed by atoms with Gasteiger partial charge in [0.25, 0.3) is 5.91 Å². The van der Waals surface area contributed by atoms with Crippen LogP contribution in [0.2, 0.25) is 0 Å². The van der Waals surface area contributed by atoms with E-state index in [2.05, 4.69) is 10.4 Å². The Bertz CT molecular complexity index is 976. The van der Waals surface area contributed by atoms with Gasteiger partial charge in [-0.05, 0) is 61.7 Å². The first-order valence-electron chi connectivity index (χ1n) is 8.64. The second-order valence-electron chi connectivity index (χ2n) is 6.53. The van der Waals surface area contributed by atoms with Crippen LogP contribution in [0.15, 0.2) is 42.6 Å². The van der Waals surface area contributed by atoms with Gasteiger partial charge in [0.15, 0.2) is 11.6 Å². The lowest BCUT2D eigenvalue weighted by Crippen LogP contribution is -2.13. The first-order chi connectivity index (χ1) is 12.9. The zero-order valence-electron chi connectivity index (χ0n) is 15.8. The maximum atomic E-state index is 14.4. The van der Waals surface area contributed by atoms with Crippen molar-refractivity contribution in [3.63, 3.8) is 0 Å². The first kappa shape index (κ1) is 18.6. The minimum atomic E-state index is -0.580. The molecule has 0 bridgehead atoms. The van der Waals surface area contributed by atoms with Crippen LogP contribution < -0.4 is 10.1 Å². The van der Waals surface area contributed by atoms with Gasteiger partial charge >= 0.3 is 0 Å². The number of benzene rings is 2. The predicted molar refractivity (Wildman–Crippen MR) is 103 cm³/mol. The molecule has 6 heteroatoms. The molecule has 1 amide bonds. The van der Waals surface area contributed by atoms with E-state index in [1.165, 1.54) is 12.1 Å². The normalized spacial score (nSPS) is 10.7. The van der Waals surface area contributed by atoms with E-state index in [9.17, 15) is 9.18 Å². The number of hydrogen-bond donors (Lipinski definition) is 1. The second kappa shape index (κ2) is 7.61. The molecule has 3 aromatic rings. The fourth-order valence-corrected chi connectivity index (χ4v) is 2.77. The Balaban J connectivity index is 1.72. The van der Waals surface area contributed by atoms with Crippen molar-refractivity contribution in [2.24, 2.45) is 7.05 Å². The molecule has 0 fully saturated rings. The number of amides is 1. The fourth-order valence-electron chi connectivity index (χ4n) is 2.77. The molecule has 1 aromatic heterocycles. The molecule has 1 N–H and O–H groups in total. The summed E-state index contributed by atoms with van der Waals surface area (Å²) < 4.78 is 21.7. The van der Waals surface area contributed by atoms with Crippen molar-refractivity contribution in [3.05, 3.63) is 76.4 Å². The average Bonchev–Trinajstić information content (AvgIpc) is 2.96. The van der Waals surface area contributed by atoms with Crippen LogP contribution in [0, 0.1) is 26.6 Å². The third-order valence-corrected chi connectivity index (χ3v) is 4.68. The molecule has 0 spiro atoms. The van der Waals surface area contributed by atoms with Gasteiger partial charge in [-0.2, -0.15) is 5.10 Å². The van der Waals surface area contributed by atoms with Crippen LogP contribution in [0.4, 0.5) is 10.1 Å². The number of anilines is 1. The highest BCUT2D eigenvalue weighted by Crippen LogP contribution is 2.22. The van der Waals surface area contributed by atoms with Gasteiger partial charge in [-0.1, -0.05) is 12.1 Å². The van der Waals surface area contributed by atoms with Gasteiger partial charge in [-0.15, -0.1) is 0 Å². The van der Waals surface area contributed by atoms with Gasteiger partial charge in [0, 0.05) is 18.3 Å². The highest BCUT2D eigenvalue weighted by molar-refractivity contribution is 6.04. The molecule has 140 valence electrons. The van der Waals surface area contributed by atoms with Gasteiger partial charge < -0.3 is 10.1 Å². The molecule has 0 aliphatic carbocycles. The molecule has 0 unspecified atom stereocenters. The van der Waals surface area contributed by atoms with E-state index in [0.29, 0.717) is 5.69 Å². The smallest absolute Gasteiger partial charge is 0.255 e. The summed E-state index contributed by atoms with van der Waals surface area (Å²) in [5.41, 5.74) is 4.85. The maximum Gasteiger partial charge on any atom is 0.255 e. The molecule has 0 aliphatic heterocycles. The van der Waals surface area contributed by atoms with Crippen LogP contribution in [-0.4, -0.2) is 15.7 Å². The van der Waals surface area contributed by atoms with Crippen molar-refractivity contribution in [1.82, 2.24) is 9.78 Å². The van der Waals surface area contributed by atoms with Crippen molar-refractivity contribution in [2.45, 2.75) is 27.4 Å². The molecule has 2 aromatic carbocycles. The van der Waals surface area contributed by atoms with Crippen molar-refractivity contribution in [3.8, 4) is 5.75 Å². The fraction of sp³-hybridized carbons (Fsp3) is 0.238. The van der Waals surface area contributed by atoms with E-state index in [4.69, 9.17) is 4.74 Å². The molecule has 5 nitrogen and oxygen atoms in total. The summed E-state index contributed by atoms with van der Waals surface area (Å²) in [7, 11) is 1.81. The summed E-state index contributed by atoms with van der Waals surface area (Å²) in [4.78, 5) is 12.4. The summed E-state index contributed by atoms with van der Waals surface area (Å²) in [6.45, 7) is 6.03. The Morgan fingerprint density at radius 2 is 1.96 bits per heavy atom. The van der Waals surface area contributed by atoms with E-state index in [0.717, 1.165) is 22.4 Å². The first-order valence-corrected chi connectivity index (χ1v) is 8.64. The lowest BCUT2D eigenvalue weighted by atomic mass is 10.1. The molecule has 0 aliphatic rings. The van der Waals surface area contributed by atoms with Gasteiger partial charge in [-0.3, -0.25) is 9.48 Å². The number of carbonyl (C=O) groups excluding carboxylic acids is 1. The minimum Gasteiger partial charge on any atom is -0.484 e. The Kier molecular flexibility index (Phi) is 5.26. The number of aryl methyl sites for hydroxylation is 3. The Morgan fingerprint density at radius 3 is 2.63 bits per heavy atom. The largest absolute Gasteiger partial charge is 0.484 e. The molecule has 0 saturated heterocycles. The standard InChI is InChI=1S/C21H22FN3O2/c1-13-6-5-7-18(15(13)3)24-21(26)16-8-9-20(17(22)10-16)27-12-19-14(2)11-23-25(19)4/h5-11H,12H2,1-4H3,(H,24,26). The number of nitrogens with zero attached hydrogens (tertiary/aromatic N) is 2. The molecular formula is C21H22FN3O2. The molecule has 0 saturated carbocycles. The molecule has 0 atom stereocenters. The third kappa shape index (κ3) is 4.00. The van der Waals surface area contributed by atoms with Gasteiger partial charge in [-0.25, -0.2) is 4.39 Å². The van der Waals surface area contributed by atoms with E-state index in [1.807, 2.05) is 46.0 Å². The predicted octanol–water partition coefficient (Wildman–Crippen LogP) is 4.32. The van der Waals surface area contributed by atoms with Crippen LogP contribution in [0.25, 0.3) is 0 Å². The number of halogens is 1. The molecule has 27 heavy (non-hydrogen) atoms. The molecular weight excluding hydrogens is 345 g/mol. The third-order valence-electron chi connectivity index (χ3n) is 4.68. The molecule has 0 radical (unpaired) electrons. The lowest BCUT2D eigenvalue weighted by molar-refractivity contribution is 0.102. The maximum absolute atomic E-state index is 14.4. The van der Waals surface area contributed by atoms with E-state index in [-0.39, 0.29) is 23.8 Å². The Morgan fingerprint density at radius 1 is 1.19 bits per heavy atom. The summed E-state index contributed by atoms with van der Waals surface area (Å²) >= 11 is 0. The summed E-state index contributed by atoms with van der Waals surface area (Å²) in [5, 5.41) is 6.96. The number of ether oxygens (including phenoxy) is 1. The average molecular weight is 367 g/mol. The zero-order chi connectivity index (χ0) is 19.6. The number of aromatic nitrogens is 2. The van der Waals surface area contributed by atoms with E-state index in [1.54, 1.807) is 16.9 Å². The van der Waals surface area contributed by atoms with Crippen LogP contribution in [0.3, 0.4) is 0 Å². The van der Waals surface area contributed by atoms with Crippen LogP contribution in [0.1, 0.15) is 32.7 Å². The molecule has 3 rings (SSSR count). The zero-order valence-corrected chi connectivity index (χ0v) is 15.8. The number of carbonyl (C=O) groups is 1. The summed E-state index contributed by atoms with van der Waals surface area (Å²) in [6, 6.07) is 9.88. The van der Waals surface area contributed by atoms with Gasteiger partial charge in [0.2, 0.25) is 0 Å². The minimum absolute atomic E-state index is 0.0962. The van der Waals surface area contributed by atoms with Gasteiger partial charge in [0.05, 0.1) is 11.9 Å². The van der Waals surface area contributed by atoms with Crippen molar-refractivity contribution in [2.75, 3.05) is 5.32 Å². The van der Waals surface area contributed by atoms with Crippen LogP contribution in [0.5, 0.6) is 5.75 Å². The highest BCUT2D eigenvalue weighted by Gasteiger charge is 2.13. The SMILES string of the molecule is Cc1cccc(NC(=O)c2ccc(OCc3c(C)cnn3C)c(F)c2)c1C. The number of nitrogens with one attached hydrogen (secondary N) is 1. The topological polar surface area (TPSA) is 56.1 Å². The van der Waals surface area contributed by atoms with Gasteiger partial charge in [0.1, 0.15) is 6.61 Å². The van der Waals surface area contributed by atoms with E-state index < -0.39 is 5.82 Å². The van der Waals surface area contributed by atoms with Crippen LogP contribution in [-0.2, 0) is 13.7 Å². The number of rotatable bonds is 5. The van der Waals surface area contributed by atoms with Crippen molar-refractivity contribution < 1.29 is 13.9 Å². The highest BCUT2D eigenvalue weighted by atomic mass is 19.1. The molecule has 1 heterocycles. The Labute approximate surface area is 157 Å². The van der Waals surface area contributed by atoms with E-state index >= 15 is 0 Å². The number of hydrogen-bond acceptors (Lipinski definition) is 3. The summed E-state index contributed by atoms with van der Waals surface area (Å²) in [6.07, 6.45) is 1.73. The monoisotopic (exact) mass is 367 g/mol. The van der Waals surface area contributed by atoms with Crippen LogP contribution >= 0.6 is 0 Å². The lowest BCUT2D eigenvalue weighted by Gasteiger charge is -2.12. The quantitative estimate of drug-likeness (QED) is 0.731. The van der Waals surface area contributed by atoms with Crippen molar-refractivity contribution in [1.29, 1.82) is 0 Å². The Hall–Kier alpha value is -3.15. The summed E-state index contributed by atoms with van der Waals surface area (Å²) in [5.74, 6) is -0.848.